The lowest BCUT2D eigenvalue weighted by Gasteiger charge is -2.10. The Morgan fingerprint density at radius 3 is 2.65 bits per heavy atom. The SMILES string of the molecule is Cc1cccc(NC(=O)C(=O)NCCC2CCCC2)c1. The van der Waals surface area contributed by atoms with Crippen molar-refractivity contribution in [2.75, 3.05) is 11.9 Å². The fourth-order valence-electron chi connectivity index (χ4n) is 2.68. The molecule has 0 saturated heterocycles. The molecule has 0 unspecified atom stereocenters. The van der Waals surface area contributed by atoms with Gasteiger partial charge >= 0.3 is 11.8 Å². The van der Waals surface area contributed by atoms with Crippen molar-refractivity contribution < 1.29 is 9.59 Å². The van der Waals surface area contributed by atoms with Crippen LogP contribution in [0.2, 0.25) is 0 Å². The number of carbonyl (C=O) groups excluding carboxylic acids is 2. The Morgan fingerprint density at radius 2 is 1.95 bits per heavy atom. The summed E-state index contributed by atoms with van der Waals surface area (Å²) >= 11 is 0. The second kappa shape index (κ2) is 7.08. The third-order valence-electron chi connectivity index (χ3n) is 3.80. The second-order valence-electron chi connectivity index (χ2n) is 5.52. The van der Waals surface area contributed by atoms with Crippen LogP contribution in [-0.4, -0.2) is 18.4 Å². The Bertz CT molecular complexity index is 479. The fraction of sp³-hybridized carbons (Fsp3) is 0.500. The number of carbonyl (C=O) groups is 2. The maximum absolute atomic E-state index is 11.7. The highest BCUT2D eigenvalue weighted by molar-refractivity contribution is 6.39. The number of benzene rings is 1. The molecule has 4 heteroatoms. The molecule has 2 rings (SSSR count). The molecule has 1 aliphatic carbocycles. The van der Waals surface area contributed by atoms with E-state index in [4.69, 9.17) is 0 Å². The standard InChI is InChI=1S/C16H22N2O2/c1-12-5-4-8-14(11-12)18-16(20)15(19)17-10-9-13-6-2-3-7-13/h4-5,8,11,13H,2-3,6-7,9-10H2,1H3,(H,17,19)(H,18,20). The van der Waals surface area contributed by atoms with E-state index in [1.165, 1.54) is 25.7 Å². The van der Waals surface area contributed by atoms with Gasteiger partial charge in [0.25, 0.3) is 0 Å². The minimum atomic E-state index is -0.595. The van der Waals surface area contributed by atoms with Crippen molar-refractivity contribution in [3.8, 4) is 0 Å². The number of aryl methyl sites for hydroxylation is 1. The predicted octanol–water partition coefficient (Wildman–Crippen LogP) is 2.63. The van der Waals surface area contributed by atoms with Crippen molar-refractivity contribution in [3.05, 3.63) is 29.8 Å². The highest BCUT2D eigenvalue weighted by Gasteiger charge is 2.17. The van der Waals surface area contributed by atoms with Gasteiger partial charge in [-0.3, -0.25) is 9.59 Å². The van der Waals surface area contributed by atoms with Crippen LogP contribution >= 0.6 is 0 Å². The van der Waals surface area contributed by atoms with Gasteiger partial charge in [-0.2, -0.15) is 0 Å². The molecule has 1 aromatic carbocycles. The van der Waals surface area contributed by atoms with E-state index in [0.29, 0.717) is 12.2 Å². The lowest BCUT2D eigenvalue weighted by molar-refractivity contribution is -0.136. The summed E-state index contributed by atoms with van der Waals surface area (Å²) < 4.78 is 0. The summed E-state index contributed by atoms with van der Waals surface area (Å²) in [5.41, 5.74) is 1.70. The van der Waals surface area contributed by atoms with E-state index in [1.807, 2.05) is 25.1 Å². The molecule has 2 N–H and O–H groups in total. The lowest BCUT2D eigenvalue weighted by atomic mass is 10.0. The van der Waals surface area contributed by atoms with Crippen LogP contribution in [0.1, 0.15) is 37.7 Å². The van der Waals surface area contributed by atoms with E-state index in [-0.39, 0.29) is 0 Å². The van der Waals surface area contributed by atoms with Crippen LogP contribution in [0.4, 0.5) is 5.69 Å². The zero-order valence-corrected chi connectivity index (χ0v) is 11.9. The topological polar surface area (TPSA) is 58.2 Å². The van der Waals surface area contributed by atoms with E-state index < -0.39 is 11.8 Å². The van der Waals surface area contributed by atoms with Gasteiger partial charge in [0, 0.05) is 12.2 Å². The third kappa shape index (κ3) is 4.37. The highest BCUT2D eigenvalue weighted by Crippen LogP contribution is 2.26. The molecule has 0 bridgehead atoms. The largest absolute Gasteiger partial charge is 0.348 e. The van der Waals surface area contributed by atoms with Gasteiger partial charge in [-0.1, -0.05) is 37.8 Å². The highest BCUT2D eigenvalue weighted by atomic mass is 16.2. The van der Waals surface area contributed by atoms with Gasteiger partial charge in [-0.05, 0) is 37.0 Å². The number of hydrogen-bond acceptors (Lipinski definition) is 2. The Morgan fingerprint density at radius 1 is 1.20 bits per heavy atom. The van der Waals surface area contributed by atoms with E-state index in [1.54, 1.807) is 6.07 Å². The summed E-state index contributed by atoms with van der Waals surface area (Å²) in [6.07, 6.45) is 6.08. The monoisotopic (exact) mass is 274 g/mol. The summed E-state index contributed by atoms with van der Waals surface area (Å²) in [5.74, 6) is -0.429. The molecule has 4 nitrogen and oxygen atoms in total. The minimum Gasteiger partial charge on any atom is -0.348 e. The molecule has 1 saturated carbocycles. The normalized spacial score (nSPS) is 15.1. The molecule has 1 aromatic rings. The molecule has 0 aliphatic heterocycles. The molecule has 0 spiro atoms. The molecule has 20 heavy (non-hydrogen) atoms. The van der Waals surface area contributed by atoms with Crippen LogP contribution in [0.3, 0.4) is 0 Å². The number of hydrogen-bond donors (Lipinski definition) is 2. The first kappa shape index (κ1) is 14.6. The molecule has 0 aromatic heterocycles. The summed E-state index contributed by atoms with van der Waals surface area (Å²) in [6.45, 7) is 2.53. The molecular formula is C16H22N2O2. The second-order valence-corrected chi connectivity index (χ2v) is 5.52. The van der Waals surface area contributed by atoms with Crippen molar-refractivity contribution in [2.45, 2.75) is 39.0 Å². The number of anilines is 1. The van der Waals surface area contributed by atoms with Crippen molar-refractivity contribution >= 4 is 17.5 Å². The Hall–Kier alpha value is -1.84. The Labute approximate surface area is 119 Å². The van der Waals surface area contributed by atoms with Gasteiger partial charge in [0.15, 0.2) is 0 Å². The van der Waals surface area contributed by atoms with Gasteiger partial charge in [0.05, 0.1) is 0 Å². The maximum atomic E-state index is 11.7. The first-order valence-corrected chi connectivity index (χ1v) is 7.31. The third-order valence-corrected chi connectivity index (χ3v) is 3.80. The number of amides is 2. The Kier molecular flexibility index (Phi) is 5.16. The van der Waals surface area contributed by atoms with Crippen LogP contribution in [0.15, 0.2) is 24.3 Å². The molecule has 0 atom stereocenters. The first-order valence-electron chi connectivity index (χ1n) is 7.31. The van der Waals surface area contributed by atoms with Crippen LogP contribution in [-0.2, 0) is 9.59 Å². The molecule has 2 amide bonds. The summed E-state index contributed by atoms with van der Waals surface area (Å²) in [5, 5.41) is 5.30. The fourth-order valence-corrected chi connectivity index (χ4v) is 2.68. The van der Waals surface area contributed by atoms with Crippen molar-refractivity contribution in [1.29, 1.82) is 0 Å². The molecular weight excluding hydrogens is 252 g/mol. The summed E-state index contributed by atoms with van der Waals surface area (Å²) in [7, 11) is 0. The zero-order valence-electron chi connectivity index (χ0n) is 11.9. The molecule has 108 valence electrons. The quantitative estimate of drug-likeness (QED) is 0.829. The molecule has 1 fully saturated rings. The van der Waals surface area contributed by atoms with Crippen LogP contribution < -0.4 is 10.6 Å². The van der Waals surface area contributed by atoms with Crippen molar-refractivity contribution in [2.24, 2.45) is 5.92 Å². The van der Waals surface area contributed by atoms with Gasteiger partial charge in [0.1, 0.15) is 0 Å². The molecule has 0 heterocycles. The predicted molar refractivity (Wildman–Crippen MR) is 79.4 cm³/mol. The zero-order chi connectivity index (χ0) is 14.4. The van der Waals surface area contributed by atoms with Gasteiger partial charge in [0.2, 0.25) is 0 Å². The Balaban J connectivity index is 1.72. The average Bonchev–Trinajstić information content (AvgIpc) is 2.91. The van der Waals surface area contributed by atoms with E-state index in [9.17, 15) is 9.59 Å². The van der Waals surface area contributed by atoms with Crippen LogP contribution in [0, 0.1) is 12.8 Å². The van der Waals surface area contributed by atoms with Crippen molar-refractivity contribution in [1.82, 2.24) is 5.32 Å². The van der Waals surface area contributed by atoms with Gasteiger partial charge in [-0.15, -0.1) is 0 Å². The average molecular weight is 274 g/mol. The first-order chi connectivity index (χ1) is 9.65. The van der Waals surface area contributed by atoms with E-state index in [0.717, 1.165) is 17.9 Å². The van der Waals surface area contributed by atoms with E-state index in [2.05, 4.69) is 10.6 Å². The van der Waals surface area contributed by atoms with Gasteiger partial charge < -0.3 is 10.6 Å². The number of nitrogens with one attached hydrogen (secondary N) is 2. The minimum absolute atomic E-state index is 0.551. The smallest absolute Gasteiger partial charge is 0.313 e. The van der Waals surface area contributed by atoms with E-state index >= 15 is 0 Å². The van der Waals surface area contributed by atoms with Gasteiger partial charge in [-0.25, -0.2) is 0 Å². The molecule has 1 aliphatic rings. The van der Waals surface area contributed by atoms with Crippen LogP contribution in [0.25, 0.3) is 0 Å². The van der Waals surface area contributed by atoms with Crippen LogP contribution in [0.5, 0.6) is 0 Å². The summed E-state index contributed by atoms with van der Waals surface area (Å²) in [6, 6.07) is 7.40. The number of rotatable bonds is 4. The summed E-state index contributed by atoms with van der Waals surface area (Å²) in [4.78, 5) is 23.4. The van der Waals surface area contributed by atoms with Crippen molar-refractivity contribution in [3.63, 3.8) is 0 Å². The lowest BCUT2D eigenvalue weighted by Crippen LogP contribution is -2.36. The molecule has 0 radical (unpaired) electrons. The maximum Gasteiger partial charge on any atom is 0.313 e.